The van der Waals surface area contributed by atoms with Gasteiger partial charge in [-0.25, -0.2) is 19.3 Å². The zero-order valence-electron chi connectivity index (χ0n) is 24.8. The summed E-state index contributed by atoms with van der Waals surface area (Å²) < 4.78 is 11.7. The summed E-state index contributed by atoms with van der Waals surface area (Å²) >= 11 is 3.72. The van der Waals surface area contributed by atoms with Crippen molar-refractivity contribution in [3.05, 3.63) is 16.7 Å². The normalized spacial score (nSPS) is 17.9. The van der Waals surface area contributed by atoms with Gasteiger partial charge in [0.25, 0.3) is 11.8 Å². The molecule has 0 spiro atoms. The number of β-lactam (4-membered cyclic amide) rings is 1. The Kier molecular flexibility index (Phi) is 10.7. The van der Waals surface area contributed by atoms with Crippen molar-refractivity contribution in [2.75, 3.05) is 35.5 Å². The Labute approximate surface area is 269 Å². The second-order valence-electron chi connectivity index (χ2n) is 10.3. The lowest BCUT2D eigenvalue weighted by Crippen LogP contribution is -2.70. The molecule has 0 saturated carbocycles. The Bertz CT molecular complexity index is 1530. The number of nitrogens with zero attached hydrogens (tertiary/aromatic N) is 8. The largest absolute Gasteiger partial charge is 0.441 e. The molecule has 2 atom stereocenters. The van der Waals surface area contributed by atoms with Gasteiger partial charge in [-0.2, -0.15) is 0 Å². The average Bonchev–Trinajstić information content (AvgIpc) is 3.61. The van der Waals surface area contributed by atoms with E-state index in [2.05, 4.69) is 31.0 Å². The maximum atomic E-state index is 13.2. The summed E-state index contributed by atoms with van der Waals surface area (Å²) in [6.07, 6.45) is -0.166. The fraction of sp³-hybridized carbons (Fsp3) is 0.500. The topological polar surface area (TPSA) is 226 Å². The molecule has 2 aliphatic rings. The minimum absolute atomic E-state index is 0.0198. The van der Waals surface area contributed by atoms with Gasteiger partial charge in [0.15, 0.2) is 10.9 Å². The molecule has 0 bridgehead atoms. The lowest BCUT2D eigenvalue weighted by Gasteiger charge is -2.49. The molecule has 0 aromatic carbocycles. The van der Waals surface area contributed by atoms with Crippen molar-refractivity contribution in [1.82, 2.24) is 35.4 Å². The number of nitrogens with two attached hydrogens (primary N) is 1. The van der Waals surface area contributed by atoms with Crippen LogP contribution in [-0.4, -0.2) is 102 Å². The molecule has 3 N–H and O–H groups in total. The van der Waals surface area contributed by atoms with E-state index in [1.807, 2.05) is 0 Å². The minimum Gasteiger partial charge on any atom is -0.427 e. The third-order valence-corrected chi connectivity index (χ3v) is 9.21. The summed E-state index contributed by atoms with van der Waals surface area (Å²) in [5, 5.41) is 18.9. The Hall–Kier alpha value is -4.24. The van der Waals surface area contributed by atoms with Crippen molar-refractivity contribution < 1.29 is 38.3 Å². The number of rotatable bonds is 11. The first-order valence-electron chi connectivity index (χ1n) is 13.2. The number of thioether (sulfide) groups is 2. The third kappa shape index (κ3) is 7.89. The molecule has 4 rings (SSSR count). The number of ether oxygens (including phenoxy) is 2. The Morgan fingerprint density at radius 3 is 2.67 bits per heavy atom. The number of aryl methyl sites for hydroxylation is 1. The van der Waals surface area contributed by atoms with Crippen LogP contribution in [-0.2, 0) is 40.5 Å². The summed E-state index contributed by atoms with van der Waals surface area (Å²) in [5.41, 5.74) is 5.34. The maximum absolute atomic E-state index is 13.2. The van der Waals surface area contributed by atoms with Crippen molar-refractivity contribution in [3.8, 4) is 0 Å². The zero-order valence-corrected chi connectivity index (χ0v) is 27.2. The SMILES string of the molecule is CCN(C(=O)O/N=C/C(=O)NC1C(=O)N2C(C(=O)OCOC(=O)C(C)(C)C)=C(CSc3nnnn3C)CSC12)c1csc(N)n1. The second-order valence-corrected chi connectivity index (χ2v) is 13.3. The molecule has 1 fully saturated rings. The first kappa shape index (κ1) is 33.6. The standard InChI is InChI=1S/C24H30N10O8S3/c1-6-33(13-10-44-21(25)27-13)23(39)42-26-7-14(35)28-15-17(36)34-16(19(37)40-11-41-20(38)24(2,3)4)12(8-43-18(15)34)9-45-22-29-30-31-32(22)5/h7,10,15,18H,6,8-9,11H2,1-5H3,(H2,25,27)(H,28,35)/b26-7+. The maximum Gasteiger partial charge on any atom is 0.441 e. The van der Waals surface area contributed by atoms with Crippen molar-refractivity contribution >= 4 is 81.9 Å². The van der Waals surface area contributed by atoms with E-state index in [1.165, 1.54) is 38.0 Å². The van der Waals surface area contributed by atoms with Gasteiger partial charge in [-0.15, -0.1) is 28.2 Å². The lowest BCUT2D eigenvalue weighted by atomic mass is 9.98. The van der Waals surface area contributed by atoms with Gasteiger partial charge in [0.05, 0.1) is 5.41 Å². The van der Waals surface area contributed by atoms with Crippen LogP contribution in [0, 0.1) is 5.41 Å². The molecule has 18 nitrogen and oxygen atoms in total. The van der Waals surface area contributed by atoms with Gasteiger partial charge in [-0.3, -0.25) is 29.0 Å². The number of amides is 3. The molecule has 0 aliphatic carbocycles. The van der Waals surface area contributed by atoms with Crippen LogP contribution in [0.3, 0.4) is 0 Å². The highest BCUT2D eigenvalue weighted by molar-refractivity contribution is 8.01. The fourth-order valence-corrected chi connectivity index (χ4v) is 6.73. The van der Waals surface area contributed by atoms with Crippen LogP contribution in [0.2, 0.25) is 0 Å². The summed E-state index contributed by atoms with van der Waals surface area (Å²) in [6.45, 7) is 6.21. The van der Waals surface area contributed by atoms with E-state index >= 15 is 0 Å². The van der Waals surface area contributed by atoms with Crippen LogP contribution in [0.4, 0.5) is 15.7 Å². The highest BCUT2D eigenvalue weighted by Gasteiger charge is 2.54. The Morgan fingerprint density at radius 2 is 2.04 bits per heavy atom. The smallest absolute Gasteiger partial charge is 0.427 e. The highest BCUT2D eigenvalue weighted by atomic mass is 32.2. The molecule has 1 saturated heterocycles. The van der Waals surface area contributed by atoms with Crippen LogP contribution in [0.15, 0.2) is 27.0 Å². The number of carbonyl (C=O) groups is 5. The first-order valence-corrected chi connectivity index (χ1v) is 16.1. The van der Waals surface area contributed by atoms with E-state index in [0.29, 0.717) is 16.5 Å². The summed E-state index contributed by atoms with van der Waals surface area (Å²) in [7, 11) is 1.66. The van der Waals surface area contributed by atoms with Crippen molar-refractivity contribution in [1.29, 1.82) is 0 Å². The number of thiazole rings is 1. The molecule has 0 radical (unpaired) electrons. The molecule has 2 unspecified atom stereocenters. The number of oxime groups is 1. The number of esters is 2. The molecule has 2 aromatic heterocycles. The number of nitrogens with one attached hydrogen (secondary N) is 1. The highest BCUT2D eigenvalue weighted by Crippen LogP contribution is 2.41. The van der Waals surface area contributed by atoms with Gasteiger partial charge in [0.1, 0.15) is 23.3 Å². The van der Waals surface area contributed by atoms with Gasteiger partial charge in [-0.1, -0.05) is 16.9 Å². The van der Waals surface area contributed by atoms with Crippen LogP contribution >= 0.6 is 34.9 Å². The molecule has 21 heteroatoms. The monoisotopic (exact) mass is 682 g/mol. The number of nitrogen functional groups attached to an aromatic ring is 1. The Morgan fingerprint density at radius 1 is 1.29 bits per heavy atom. The van der Waals surface area contributed by atoms with Gasteiger partial charge in [-0.05, 0) is 43.7 Å². The summed E-state index contributed by atoms with van der Waals surface area (Å²) in [6, 6.07) is -1.01. The summed E-state index contributed by atoms with van der Waals surface area (Å²) in [4.78, 5) is 74.7. The van der Waals surface area contributed by atoms with E-state index in [1.54, 1.807) is 40.1 Å². The second kappa shape index (κ2) is 14.2. The van der Waals surface area contributed by atoms with Gasteiger partial charge in [0.2, 0.25) is 11.9 Å². The molecule has 45 heavy (non-hydrogen) atoms. The molecular weight excluding hydrogens is 653 g/mol. The Balaban J connectivity index is 1.40. The van der Waals surface area contributed by atoms with E-state index in [0.717, 1.165) is 17.6 Å². The van der Waals surface area contributed by atoms with Gasteiger partial charge in [0, 0.05) is 30.5 Å². The van der Waals surface area contributed by atoms with E-state index in [-0.39, 0.29) is 28.9 Å². The van der Waals surface area contributed by atoms with E-state index in [9.17, 15) is 24.0 Å². The van der Waals surface area contributed by atoms with Gasteiger partial charge < -0.3 is 20.5 Å². The molecule has 2 aromatic rings. The van der Waals surface area contributed by atoms with Crippen LogP contribution in [0.5, 0.6) is 0 Å². The number of hydrogen-bond acceptors (Lipinski definition) is 17. The number of fused-ring (bicyclic) bond motifs is 1. The number of anilines is 2. The van der Waals surface area contributed by atoms with Crippen molar-refractivity contribution in [3.63, 3.8) is 0 Å². The van der Waals surface area contributed by atoms with Gasteiger partial charge >= 0.3 is 18.0 Å². The van der Waals surface area contributed by atoms with Crippen molar-refractivity contribution in [2.45, 2.75) is 44.3 Å². The quantitative estimate of drug-likeness (QED) is 0.0634. The van der Waals surface area contributed by atoms with E-state index in [4.69, 9.17) is 20.0 Å². The number of tetrazole rings is 1. The van der Waals surface area contributed by atoms with Crippen molar-refractivity contribution in [2.24, 2.45) is 17.6 Å². The predicted molar refractivity (Wildman–Crippen MR) is 163 cm³/mol. The van der Waals surface area contributed by atoms with Crippen LogP contribution < -0.4 is 16.0 Å². The number of hydrogen-bond donors (Lipinski definition) is 2. The van der Waals surface area contributed by atoms with Crippen LogP contribution in [0.1, 0.15) is 27.7 Å². The molecular formula is C24H30N10O8S3. The minimum atomic E-state index is -1.01. The third-order valence-electron chi connectivity index (χ3n) is 6.11. The molecule has 4 heterocycles. The predicted octanol–water partition coefficient (Wildman–Crippen LogP) is 0.734. The van der Waals surface area contributed by atoms with Crippen LogP contribution in [0.25, 0.3) is 0 Å². The zero-order chi connectivity index (χ0) is 32.9. The first-order chi connectivity index (χ1) is 21.3. The number of carbonyl (C=O) groups excluding carboxylic acids is 5. The fourth-order valence-electron chi connectivity index (χ4n) is 3.85. The summed E-state index contributed by atoms with van der Waals surface area (Å²) in [5.74, 6) is -1.99. The van der Waals surface area contributed by atoms with E-state index < -0.39 is 53.5 Å². The molecule has 2 aliphatic heterocycles. The lowest BCUT2D eigenvalue weighted by molar-refractivity contribution is -0.173. The molecule has 3 amide bonds. The molecule has 242 valence electrons. The number of aromatic nitrogens is 5. The average molecular weight is 683 g/mol.